The molecule has 0 aromatic heterocycles. The van der Waals surface area contributed by atoms with Gasteiger partial charge in [0.25, 0.3) is 0 Å². The van der Waals surface area contributed by atoms with Crippen molar-refractivity contribution in [3.8, 4) is 0 Å². The summed E-state index contributed by atoms with van der Waals surface area (Å²) in [6.07, 6.45) is 1.34. The molecule has 1 heterocycles. The van der Waals surface area contributed by atoms with E-state index in [1.54, 1.807) is 17.0 Å². The second-order valence-corrected chi connectivity index (χ2v) is 9.40. The summed E-state index contributed by atoms with van der Waals surface area (Å²) in [6, 6.07) is 3.11. The molecule has 1 fully saturated rings. The van der Waals surface area contributed by atoms with Crippen LogP contribution in [0, 0.1) is 0 Å². The van der Waals surface area contributed by atoms with Gasteiger partial charge in [-0.1, -0.05) is 38.3 Å². The van der Waals surface area contributed by atoms with Gasteiger partial charge in [-0.3, -0.25) is 0 Å². The quantitative estimate of drug-likeness (QED) is 0.433. The van der Waals surface area contributed by atoms with Gasteiger partial charge in [0.1, 0.15) is 5.60 Å². The van der Waals surface area contributed by atoms with E-state index in [0.717, 1.165) is 18.5 Å². The molecule has 0 unspecified atom stereocenters. The summed E-state index contributed by atoms with van der Waals surface area (Å²) in [5.41, 5.74) is 7.28. The van der Waals surface area contributed by atoms with Gasteiger partial charge < -0.3 is 25.6 Å². The third kappa shape index (κ3) is 6.74. The Balaban J connectivity index is 2.07. The van der Waals surface area contributed by atoms with E-state index < -0.39 is 5.60 Å². The van der Waals surface area contributed by atoms with Crippen LogP contribution < -0.4 is 20.3 Å². The highest BCUT2D eigenvalue weighted by atomic mass is 35.5. The lowest BCUT2D eigenvalue weighted by atomic mass is 10.2. The molecule has 1 aromatic rings. The number of urea groups is 1. The van der Waals surface area contributed by atoms with E-state index in [1.807, 2.05) is 34.6 Å². The zero-order valence-electron chi connectivity index (χ0n) is 18.9. The number of hydrogen-bond donors (Lipinski definition) is 3. The standard InChI is InChI=1S/C21H34ClN5O3S/c1-6-14(7-2)24-19(28)27(31)18-12-15(22)17(13-16(18)23)25-8-10-26(11-9-25)20(29)30-21(3,4)5/h12-14,31H,6-11,23H2,1-5H3,(H,24,28). The molecule has 0 aliphatic carbocycles. The van der Waals surface area contributed by atoms with Crippen LogP contribution in [-0.4, -0.2) is 54.8 Å². The van der Waals surface area contributed by atoms with Crippen molar-refractivity contribution in [3.63, 3.8) is 0 Å². The number of rotatable bonds is 5. The Morgan fingerprint density at radius 2 is 1.81 bits per heavy atom. The molecule has 174 valence electrons. The van der Waals surface area contributed by atoms with Crippen molar-refractivity contribution in [1.82, 2.24) is 10.2 Å². The van der Waals surface area contributed by atoms with Gasteiger partial charge in [-0.05, 0) is 45.7 Å². The Kier molecular flexibility index (Phi) is 8.59. The van der Waals surface area contributed by atoms with Gasteiger partial charge >= 0.3 is 12.1 Å². The summed E-state index contributed by atoms with van der Waals surface area (Å²) >= 11 is 10.9. The first-order valence-electron chi connectivity index (χ1n) is 10.6. The number of anilines is 3. The maximum atomic E-state index is 12.5. The first kappa shape index (κ1) is 25.3. The first-order valence-corrected chi connectivity index (χ1v) is 11.4. The molecule has 0 spiro atoms. The van der Waals surface area contributed by atoms with Crippen LogP contribution in [0.3, 0.4) is 0 Å². The number of amides is 3. The average molecular weight is 472 g/mol. The van der Waals surface area contributed by atoms with Crippen LogP contribution in [0.25, 0.3) is 0 Å². The first-order chi connectivity index (χ1) is 14.5. The Labute approximate surface area is 195 Å². The number of nitrogens with zero attached hydrogens (tertiary/aromatic N) is 3. The molecule has 2 rings (SSSR count). The number of piperazine rings is 1. The van der Waals surface area contributed by atoms with Gasteiger partial charge in [0, 0.05) is 32.2 Å². The fraction of sp³-hybridized carbons (Fsp3) is 0.619. The Hall–Kier alpha value is -2.00. The van der Waals surface area contributed by atoms with Crippen LogP contribution >= 0.6 is 24.4 Å². The molecule has 3 amide bonds. The normalized spacial score (nSPS) is 14.6. The lowest BCUT2D eigenvalue weighted by molar-refractivity contribution is 0.0240. The maximum absolute atomic E-state index is 12.5. The van der Waals surface area contributed by atoms with Crippen molar-refractivity contribution in [3.05, 3.63) is 17.2 Å². The summed E-state index contributed by atoms with van der Waals surface area (Å²) in [5, 5.41) is 3.39. The number of benzene rings is 1. The average Bonchev–Trinajstić information content (AvgIpc) is 2.71. The number of thiol groups is 1. The fourth-order valence-electron chi connectivity index (χ4n) is 3.29. The number of nitrogens with one attached hydrogen (secondary N) is 1. The molecule has 0 atom stereocenters. The van der Waals surface area contributed by atoms with Crippen molar-refractivity contribution < 1.29 is 14.3 Å². The van der Waals surface area contributed by atoms with Crippen LogP contribution in [0.1, 0.15) is 47.5 Å². The predicted molar refractivity (Wildman–Crippen MR) is 130 cm³/mol. The highest BCUT2D eigenvalue weighted by Crippen LogP contribution is 2.37. The SMILES string of the molecule is CCC(CC)NC(=O)N(S)c1cc(Cl)c(N2CCN(C(=O)OC(C)(C)C)CC2)cc1N. The van der Waals surface area contributed by atoms with E-state index in [1.165, 1.54) is 4.31 Å². The number of nitrogen functional groups attached to an aromatic ring is 1. The lowest BCUT2D eigenvalue weighted by Crippen LogP contribution is -2.50. The molecule has 1 aliphatic heterocycles. The second-order valence-electron chi connectivity index (χ2n) is 8.59. The number of nitrogens with two attached hydrogens (primary N) is 1. The monoisotopic (exact) mass is 471 g/mol. The Bertz CT molecular complexity index is 790. The van der Waals surface area contributed by atoms with E-state index >= 15 is 0 Å². The summed E-state index contributed by atoms with van der Waals surface area (Å²) in [7, 11) is 0. The van der Waals surface area contributed by atoms with E-state index in [0.29, 0.717) is 42.6 Å². The third-order valence-corrected chi connectivity index (χ3v) is 5.80. The Morgan fingerprint density at radius 3 is 2.32 bits per heavy atom. The zero-order valence-corrected chi connectivity index (χ0v) is 20.6. The molecule has 1 aliphatic rings. The van der Waals surface area contributed by atoms with E-state index in [4.69, 9.17) is 22.1 Å². The highest BCUT2D eigenvalue weighted by Gasteiger charge is 2.27. The summed E-state index contributed by atoms with van der Waals surface area (Å²) in [5.74, 6) is 0. The van der Waals surface area contributed by atoms with Crippen molar-refractivity contribution in [2.24, 2.45) is 0 Å². The van der Waals surface area contributed by atoms with E-state index in [9.17, 15) is 9.59 Å². The van der Waals surface area contributed by atoms with Gasteiger partial charge in [0.05, 0.1) is 22.1 Å². The third-order valence-electron chi connectivity index (χ3n) is 5.10. The number of ether oxygens (including phenoxy) is 1. The molecule has 8 nitrogen and oxygen atoms in total. The molecule has 0 saturated carbocycles. The minimum absolute atomic E-state index is 0.0689. The second kappa shape index (κ2) is 10.5. The summed E-state index contributed by atoms with van der Waals surface area (Å²) < 4.78 is 6.62. The fourth-order valence-corrected chi connectivity index (χ4v) is 3.80. The molecule has 1 saturated heterocycles. The smallest absolute Gasteiger partial charge is 0.410 e. The number of carbonyl (C=O) groups is 2. The number of halogens is 1. The van der Waals surface area contributed by atoms with Crippen LogP contribution in [0.4, 0.5) is 26.7 Å². The largest absolute Gasteiger partial charge is 0.444 e. The molecule has 31 heavy (non-hydrogen) atoms. The number of carbonyl (C=O) groups excluding carboxylic acids is 2. The molecular weight excluding hydrogens is 438 g/mol. The van der Waals surface area contributed by atoms with Gasteiger partial charge in [-0.15, -0.1) is 0 Å². The minimum Gasteiger partial charge on any atom is -0.444 e. The molecule has 3 N–H and O–H groups in total. The molecule has 1 aromatic carbocycles. The highest BCUT2D eigenvalue weighted by molar-refractivity contribution is 7.82. The van der Waals surface area contributed by atoms with Crippen molar-refractivity contribution in [2.75, 3.05) is 41.1 Å². The van der Waals surface area contributed by atoms with Gasteiger partial charge in [0.2, 0.25) is 0 Å². The topological polar surface area (TPSA) is 91.1 Å². The molecule has 0 radical (unpaired) electrons. The zero-order chi connectivity index (χ0) is 23.3. The van der Waals surface area contributed by atoms with Gasteiger partial charge in [0.15, 0.2) is 0 Å². The summed E-state index contributed by atoms with van der Waals surface area (Å²) in [4.78, 5) is 28.5. The maximum Gasteiger partial charge on any atom is 0.410 e. The Morgan fingerprint density at radius 1 is 1.23 bits per heavy atom. The van der Waals surface area contributed by atoms with Crippen LogP contribution in [0.15, 0.2) is 12.1 Å². The van der Waals surface area contributed by atoms with Crippen molar-refractivity contribution in [1.29, 1.82) is 0 Å². The van der Waals surface area contributed by atoms with Gasteiger partial charge in [-0.2, -0.15) is 0 Å². The van der Waals surface area contributed by atoms with Crippen molar-refractivity contribution in [2.45, 2.75) is 59.1 Å². The molecule has 10 heteroatoms. The summed E-state index contributed by atoms with van der Waals surface area (Å²) in [6.45, 7) is 11.8. The van der Waals surface area contributed by atoms with Gasteiger partial charge in [-0.25, -0.2) is 13.9 Å². The van der Waals surface area contributed by atoms with Crippen molar-refractivity contribution >= 4 is 53.6 Å². The number of hydrogen-bond acceptors (Lipinski definition) is 6. The minimum atomic E-state index is -0.527. The van der Waals surface area contributed by atoms with Crippen LogP contribution in [0.5, 0.6) is 0 Å². The lowest BCUT2D eigenvalue weighted by Gasteiger charge is -2.37. The molecule has 0 bridgehead atoms. The predicted octanol–water partition coefficient (Wildman–Crippen LogP) is 4.53. The van der Waals surface area contributed by atoms with E-state index in [-0.39, 0.29) is 18.2 Å². The molecular formula is C21H34ClN5O3S. The van der Waals surface area contributed by atoms with Crippen LogP contribution in [-0.2, 0) is 4.74 Å². The van der Waals surface area contributed by atoms with E-state index in [2.05, 4.69) is 23.0 Å². The van der Waals surface area contributed by atoms with Crippen LogP contribution in [0.2, 0.25) is 5.02 Å².